The highest BCUT2D eigenvalue weighted by Gasteiger charge is 2.27. The summed E-state index contributed by atoms with van der Waals surface area (Å²) in [6.07, 6.45) is 5.83. The monoisotopic (exact) mass is 383 g/mol. The smallest absolute Gasteiger partial charge is 0.265 e. The molecule has 2 aliphatic heterocycles. The van der Waals surface area contributed by atoms with Crippen molar-refractivity contribution in [2.45, 2.75) is 39.8 Å². The van der Waals surface area contributed by atoms with Crippen LogP contribution in [0.4, 0.5) is 5.69 Å². The Morgan fingerprint density at radius 2 is 2.18 bits per heavy atom. The molecule has 28 heavy (non-hydrogen) atoms. The Morgan fingerprint density at radius 3 is 2.86 bits per heavy atom. The second kappa shape index (κ2) is 9.01. The summed E-state index contributed by atoms with van der Waals surface area (Å²) in [7, 11) is 0. The number of aromatic nitrogens is 1. The molecule has 0 spiro atoms. The van der Waals surface area contributed by atoms with Crippen LogP contribution in [-0.2, 0) is 11.3 Å². The van der Waals surface area contributed by atoms with E-state index >= 15 is 0 Å². The quantitative estimate of drug-likeness (QED) is 0.765. The first-order valence-electron chi connectivity index (χ1n) is 9.79. The Bertz CT molecular complexity index is 794. The summed E-state index contributed by atoms with van der Waals surface area (Å²) < 4.78 is 5.66. The Balaban J connectivity index is 1.54. The van der Waals surface area contributed by atoms with Gasteiger partial charge in [-0.15, -0.1) is 0 Å². The number of nitrogens with one attached hydrogen (secondary N) is 1. The van der Waals surface area contributed by atoms with Gasteiger partial charge in [0, 0.05) is 56.5 Å². The van der Waals surface area contributed by atoms with E-state index in [2.05, 4.69) is 31.7 Å². The number of piperazine rings is 1. The predicted molar refractivity (Wildman–Crippen MR) is 111 cm³/mol. The minimum atomic E-state index is -0.452. The van der Waals surface area contributed by atoms with Crippen LogP contribution < -0.4 is 10.1 Å². The molecular formula is C21H29N5O2. The van der Waals surface area contributed by atoms with E-state index in [0.717, 1.165) is 49.7 Å². The van der Waals surface area contributed by atoms with Crippen LogP contribution in [0, 0.1) is 0 Å². The molecule has 1 atom stereocenters. The molecular weight excluding hydrogens is 354 g/mol. The zero-order valence-electron chi connectivity index (χ0n) is 16.9. The number of ether oxygens (including phenoxy) is 1. The van der Waals surface area contributed by atoms with Crippen LogP contribution in [0.15, 0.2) is 41.3 Å². The lowest BCUT2D eigenvalue weighted by Crippen LogP contribution is -2.45. The average molecular weight is 383 g/mol. The van der Waals surface area contributed by atoms with Gasteiger partial charge in [0.1, 0.15) is 5.69 Å². The van der Waals surface area contributed by atoms with Crippen molar-refractivity contribution in [2.24, 2.45) is 4.99 Å². The molecule has 1 saturated heterocycles. The molecule has 7 nitrogen and oxygen atoms in total. The van der Waals surface area contributed by atoms with Gasteiger partial charge in [0.2, 0.25) is 5.88 Å². The number of carbonyl (C=O) groups excluding carboxylic acids is 1. The van der Waals surface area contributed by atoms with Gasteiger partial charge in [0.05, 0.1) is 0 Å². The largest absolute Gasteiger partial charge is 0.463 e. The number of pyridine rings is 1. The van der Waals surface area contributed by atoms with E-state index in [1.165, 1.54) is 0 Å². The predicted octanol–water partition coefficient (Wildman–Crippen LogP) is 2.82. The van der Waals surface area contributed by atoms with Gasteiger partial charge in [0.25, 0.3) is 5.91 Å². The first-order chi connectivity index (χ1) is 13.5. The van der Waals surface area contributed by atoms with Crippen molar-refractivity contribution in [3.8, 4) is 5.88 Å². The number of carbonyl (C=O) groups is 1. The second-order valence-electron chi connectivity index (χ2n) is 7.14. The van der Waals surface area contributed by atoms with Gasteiger partial charge < -0.3 is 15.0 Å². The highest BCUT2D eigenvalue weighted by molar-refractivity contribution is 5.97. The van der Waals surface area contributed by atoms with Crippen LogP contribution in [-0.4, -0.2) is 59.2 Å². The van der Waals surface area contributed by atoms with Crippen molar-refractivity contribution in [3.63, 3.8) is 0 Å². The van der Waals surface area contributed by atoms with Crippen molar-refractivity contribution in [1.82, 2.24) is 14.8 Å². The molecule has 1 N–H and O–H groups in total. The SMILES string of the molecule is C=C(/C=N\C(C)=C/C)N1CCN(Cc2cnc3c(c2)NC(=O)C(CC)O3)CC1. The molecule has 0 radical (unpaired) electrons. The van der Waals surface area contributed by atoms with E-state index < -0.39 is 6.10 Å². The lowest BCUT2D eigenvalue weighted by atomic mass is 10.1. The summed E-state index contributed by atoms with van der Waals surface area (Å²) in [5.74, 6) is 0.405. The number of allylic oxidation sites excluding steroid dienone is 3. The summed E-state index contributed by atoms with van der Waals surface area (Å²) in [4.78, 5) is 25.4. The van der Waals surface area contributed by atoms with Crippen LogP contribution in [0.2, 0.25) is 0 Å². The molecule has 3 heterocycles. The number of nitrogens with zero attached hydrogens (tertiary/aromatic N) is 4. The van der Waals surface area contributed by atoms with Crippen LogP contribution in [0.25, 0.3) is 0 Å². The molecule has 7 heteroatoms. The molecule has 1 aromatic heterocycles. The Kier molecular flexibility index (Phi) is 6.46. The fraction of sp³-hybridized carbons (Fsp3) is 0.476. The van der Waals surface area contributed by atoms with Gasteiger partial charge in [-0.3, -0.25) is 14.7 Å². The highest BCUT2D eigenvalue weighted by Crippen LogP contribution is 2.29. The van der Waals surface area contributed by atoms with Crippen LogP contribution in [0.3, 0.4) is 0 Å². The van der Waals surface area contributed by atoms with E-state index in [-0.39, 0.29) is 5.91 Å². The topological polar surface area (TPSA) is 70.1 Å². The van der Waals surface area contributed by atoms with Gasteiger partial charge in [-0.1, -0.05) is 19.6 Å². The van der Waals surface area contributed by atoms with Gasteiger partial charge in [-0.25, -0.2) is 4.98 Å². The first-order valence-corrected chi connectivity index (χ1v) is 9.79. The van der Waals surface area contributed by atoms with E-state index in [1.807, 2.05) is 45.3 Å². The molecule has 1 amide bonds. The lowest BCUT2D eigenvalue weighted by molar-refractivity contribution is -0.123. The summed E-state index contributed by atoms with van der Waals surface area (Å²) in [6.45, 7) is 14.5. The molecule has 1 fully saturated rings. The molecule has 0 bridgehead atoms. The van der Waals surface area contributed by atoms with Gasteiger partial charge >= 0.3 is 0 Å². The Labute approximate surface area is 166 Å². The number of aliphatic imine (C=N–C) groups is 1. The van der Waals surface area contributed by atoms with Crippen molar-refractivity contribution in [2.75, 3.05) is 31.5 Å². The van der Waals surface area contributed by atoms with E-state index in [1.54, 1.807) is 0 Å². The number of fused-ring (bicyclic) bond motifs is 1. The summed E-state index contributed by atoms with van der Waals surface area (Å²) in [5, 5.41) is 2.90. The molecule has 0 aliphatic carbocycles. The van der Waals surface area contributed by atoms with Crippen molar-refractivity contribution in [1.29, 1.82) is 0 Å². The molecule has 0 aromatic carbocycles. The fourth-order valence-corrected chi connectivity index (χ4v) is 3.22. The highest BCUT2D eigenvalue weighted by atomic mass is 16.5. The third-order valence-electron chi connectivity index (χ3n) is 5.10. The summed E-state index contributed by atoms with van der Waals surface area (Å²) in [6, 6.07) is 1.96. The first kappa shape index (κ1) is 20.1. The minimum Gasteiger partial charge on any atom is -0.463 e. The van der Waals surface area contributed by atoms with Crippen molar-refractivity contribution in [3.05, 3.63) is 41.9 Å². The van der Waals surface area contributed by atoms with Gasteiger partial charge in [0.15, 0.2) is 6.10 Å². The van der Waals surface area contributed by atoms with Crippen molar-refractivity contribution >= 4 is 17.8 Å². The third-order valence-corrected chi connectivity index (χ3v) is 5.10. The molecule has 3 rings (SSSR count). The van der Waals surface area contributed by atoms with E-state index in [0.29, 0.717) is 18.0 Å². The fourth-order valence-electron chi connectivity index (χ4n) is 3.22. The number of rotatable bonds is 6. The summed E-state index contributed by atoms with van der Waals surface area (Å²) >= 11 is 0. The molecule has 2 aliphatic rings. The standard InChI is InChI=1S/C21H29N5O2/c1-5-15(3)22-12-16(4)26-9-7-25(8-10-26)14-17-11-18-21(23-13-17)28-19(6-2)20(27)24-18/h5,11-13,19H,4,6-10,14H2,1-3H3,(H,24,27)/b15-5-,22-12-. The van der Waals surface area contributed by atoms with Crippen LogP contribution in [0.1, 0.15) is 32.8 Å². The number of amides is 1. The second-order valence-corrected chi connectivity index (χ2v) is 7.14. The van der Waals surface area contributed by atoms with E-state index in [9.17, 15) is 4.79 Å². The number of hydrogen-bond donors (Lipinski definition) is 1. The maximum atomic E-state index is 12.0. The van der Waals surface area contributed by atoms with Crippen LogP contribution >= 0.6 is 0 Å². The average Bonchev–Trinajstić information content (AvgIpc) is 2.71. The normalized spacial score (nSPS) is 20.7. The molecule has 0 saturated carbocycles. The molecule has 150 valence electrons. The zero-order chi connectivity index (χ0) is 20.1. The Hall–Kier alpha value is -2.67. The maximum Gasteiger partial charge on any atom is 0.265 e. The van der Waals surface area contributed by atoms with Crippen molar-refractivity contribution < 1.29 is 9.53 Å². The Morgan fingerprint density at radius 1 is 1.43 bits per heavy atom. The minimum absolute atomic E-state index is 0.101. The summed E-state index contributed by atoms with van der Waals surface area (Å²) in [5.41, 5.74) is 3.66. The zero-order valence-corrected chi connectivity index (χ0v) is 16.9. The van der Waals surface area contributed by atoms with Crippen LogP contribution in [0.5, 0.6) is 5.88 Å². The van der Waals surface area contributed by atoms with E-state index in [4.69, 9.17) is 4.74 Å². The van der Waals surface area contributed by atoms with Gasteiger partial charge in [-0.05, 0) is 31.9 Å². The molecule has 1 aromatic rings. The lowest BCUT2D eigenvalue weighted by Gasteiger charge is -2.36. The number of hydrogen-bond acceptors (Lipinski definition) is 6. The molecule has 1 unspecified atom stereocenters. The van der Waals surface area contributed by atoms with Gasteiger partial charge in [-0.2, -0.15) is 0 Å². The number of anilines is 1. The maximum absolute atomic E-state index is 12.0. The third kappa shape index (κ3) is 4.78.